The lowest BCUT2D eigenvalue weighted by atomic mass is 9.60. The number of alkyl halides is 3. The van der Waals surface area contributed by atoms with Gasteiger partial charge in [-0.2, -0.15) is 18.3 Å². The fourth-order valence-corrected chi connectivity index (χ4v) is 5.66. The Labute approximate surface area is 197 Å². The van der Waals surface area contributed by atoms with E-state index >= 15 is 0 Å². The Balaban J connectivity index is 1.13. The number of benzene rings is 1. The average Bonchev–Trinajstić information content (AvgIpc) is 3.30. The lowest BCUT2D eigenvalue weighted by Gasteiger charge is -2.58. The Morgan fingerprint density at radius 3 is 2.57 bits per heavy atom. The Bertz CT molecular complexity index is 1430. The van der Waals surface area contributed by atoms with Gasteiger partial charge in [0.05, 0.1) is 11.1 Å². The average molecular weight is 510 g/mol. The summed E-state index contributed by atoms with van der Waals surface area (Å²) in [5.74, 6) is -0.102. The van der Waals surface area contributed by atoms with E-state index in [-0.39, 0.29) is 23.1 Å². The minimum absolute atomic E-state index is 0.0737. The van der Waals surface area contributed by atoms with Gasteiger partial charge in [-0.05, 0) is 31.0 Å². The van der Waals surface area contributed by atoms with E-state index in [9.17, 15) is 31.2 Å². The molecule has 3 heterocycles. The zero-order valence-electron chi connectivity index (χ0n) is 18.4. The van der Waals surface area contributed by atoms with Crippen molar-refractivity contribution in [3.63, 3.8) is 0 Å². The molecule has 1 saturated heterocycles. The predicted molar refractivity (Wildman–Crippen MR) is 117 cm³/mol. The Morgan fingerprint density at radius 1 is 1.17 bits per heavy atom. The van der Waals surface area contributed by atoms with Crippen molar-refractivity contribution in [3.05, 3.63) is 48.4 Å². The number of aryl methyl sites for hydroxylation is 1. The van der Waals surface area contributed by atoms with Crippen molar-refractivity contribution in [3.8, 4) is 0 Å². The largest absolute Gasteiger partial charge is 0.501 e. The fraction of sp³-hybridized carbons (Fsp3) is 0.381. The number of carbonyl (C=O) groups excluding carboxylic acids is 2. The molecular formula is C21H21F3N6O4S. The van der Waals surface area contributed by atoms with Gasteiger partial charge in [-0.15, -0.1) is 0 Å². The first kappa shape index (κ1) is 23.2. The van der Waals surface area contributed by atoms with Crippen LogP contribution in [0.2, 0.25) is 0 Å². The van der Waals surface area contributed by atoms with Crippen LogP contribution in [0.15, 0.2) is 47.8 Å². The lowest BCUT2D eigenvalue weighted by Crippen LogP contribution is -2.67. The quantitative estimate of drug-likeness (QED) is 0.559. The Morgan fingerprint density at radius 2 is 1.89 bits per heavy atom. The zero-order chi connectivity index (χ0) is 25.2. The molecule has 186 valence electrons. The monoisotopic (exact) mass is 510 g/mol. The molecule has 1 saturated carbocycles. The minimum atomic E-state index is -5.51. The van der Waals surface area contributed by atoms with Gasteiger partial charge in [-0.3, -0.25) is 4.79 Å². The summed E-state index contributed by atoms with van der Waals surface area (Å²) in [6.07, 6.45) is 6.44. The smallest absolute Gasteiger partial charge is 0.337 e. The van der Waals surface area contributed by atoms with Gasteiger partial charge in [-0.1, -0.05) is 6.07 Å². The second-order valence-electron chi connectivity index (χ2n) is 9.08. The molecule has 1 aliphatic carbocycles. The van der Waals surface area contributed by atoms with Crippen molar-refractivity contribution in [2.24, 2.45) is 12.5 Å². The molecule has 1 aliphatic heterocycles. The summed E-state index contributed by atoms with van der Waals surface area (Å²) in [4.78, 5) is 25.9. The first-order valence-electron chi connectivity index (χ1n) is 10.7. The minimum Gasteiger partial charge on any atom is -0.337 e. The summed E-state index contributed by atoms with van der Waals surface area (Å²) in [6, 6.07) is 3.19. The molecule has 3 aromatic rings. The molecule has 0 radical (unpaired) electrons. The summed E-state index contributed by atoms with van der Waals surface area (Å²) >= 11 is 0. The number of nitrogens with zero attached hydrogens (tertiary/aromatic N) is 4. The van der Waals surface area contributed by atoms with Gasteiger partial charge in [0.1, 0.15) is 11.2 Å². The molecule has 0 unspecified atom stereocenters. The first-order valence-corrected chi connectivity index (χ1v) is 12.1. The van der Waals surface area contributed by atoms with Gasteiger partial charge in [0.15, 0.2) is 0 Å². The van der Waals surface area contributed by atoms with E-state index in [0.717, 1.165) is 18.2 Å². The standard InChI is InChI=1S/C21H21F3N6O4S/c1-28-5-6-30-17(28)16(10-25-30)18(31)29-11-20(12-29)8-14(9-20)27-19(32)26-13-3-2-4-15(7-13)35(33,34)21(22,23)24/h2-7,10,14H,8-9,11-12H2,1H3,(H2,26,27,32). The number of aromatic nitrogens is 3. The maximum Gasteiger partial charge on any atom is 0.501 e. The third kappa shape index (κ3) is 3.90. The number of imidazole rings is 1. The number of carbonyl (C=O) groups is 2. The summed E-state index contributed by atoms with van der Waals surface area (Å²) in [7, 11) is -3.68. The third-order valence-corrected chi connectivity index (χ3v) is 7.99. The van der Waals surface area contributed by atoms with Gasteiger partial charge in [-0.25, -0.2) is 17.7 Å². The molecule has 1 aromatic carbocycles. The van der Waals surface area contributed by atoms with E-state index in [1.807, 2.05) is 17.8 Å². The number of fused-ring (bicyclic) bond motifs is 1. The first-order chi connectivity index (χ1) is 16.4. The number of rotatable bonds is 4. The molecule has 35 heavy (non-hydrogen) atoms. The van der Waals surface area contributed by atoms with Crippen molar-refractivity contribution in [2.75, 3.05) is 18.4 Å². The van der Waals surface area contributed by atoms with Crippen LogP contribution < -0.4 is 10.6 Å². The lowest BCUT2D eigenvalue weighted by molar-refractivity contribution is -0.0582. The van der Waals surface area contributed by atoms with Crippen LogP contribution in [-0.2, 0) is 16.9 Å². The number of hydrogen-bond acceptors (Lipinski definition) is 5. The molecule has 2 N–H and O–H groups in total. The Kier molecular flexibility index (Phi) is 5.12. The van der Waals surface area contributed by atoms with E-state index in [2.05, 4.69) is 15.7 Å². The summed E-state index contributed by atoms with van der Waals surface area (Å²) in [5, 5.41) is 9.30. The van der Waals surface area contributed by atoms with E-state index in [1.165, 1.54) is 6.07 Å². The number of urea groups is 1. The normalized spacial score (nSPS) is 17.8. The molecule has 5 rings (SSSR count). The van der Waals surface area contributed by atoms with Crippen LogP contribution in [0.5, 0.6) is 0 Å². The second-order valence-corrected chi connectivity index (χ2v) is 11.0. The van der Waals surface area contributed by atoms with Gasteiger partial charge in [0.2, 0.25) is 0 Å². The number of nitrogens with one attached hydrogen (secondary N) is 2. The number of sulfone groups is 1. The molecule has 3 amide bonds. The van der Waals surface area contributed by atoms with Crippen molar-refractivity contribution in [1.29, 1.82) is 0 Å². The van der Waals surface area contributed by atoms with E-state index in [1.54, 1.807) is 21.8 Å². The number of hydrogen-bond donors (Lipinski definition) is 2. The van der Waals surface area contributed by atoms with Crippen molar-refractivity contribution in [2.45, 2.75) is 29.3 Å². The van der Waals surface area contributed by atoms with E-state index in [0.29, 0.717) is 37.1 Å². The van der Waals surface area contributed by atoms with Crippen molar-refractivity contribution >= 4 is 33.1 Å². The van der Waals surface area contributed by atoms with Crippen LogP contribution in [-0.4, -0.2) is 64.1 Å². The molecule has 14 heteroatoms. The van der Waals surface area contributed by atoms with Gasteiger partial charge in [0.25, 0.3) is 15.7 Å². The summed E-state index contributed by atoms with van der Waals surface area (Å²) in [5.41, 5.74) is -4.34. The number of halogens is 3. The fourth-order valence-electron chi connectivity index (χ4n) is 4.85. The number of amides is 3. The molecule has 2 fully saturated rings. The number of likely N-dealkylation sites (tertiary alicyclic amines) is 1. The maximum atomic E-state index is 12.9. The van der Waals surface area contributed by atoms with Crippen LogP contribution >= 0.6 is 0 Å². The van der Waals surface area contributed by atoms with Crippen molar-refractivity contribution in [1.82, 2.24) is 24.4 Å². The molecule has 2 aromatic heterocycles. The highest BCUT2D eigenvalue weighted by Gasteiger charge is 2.54. The molecule has 0 bridgehead atoms. The highest BCUT2D eigenvalue weighted by molar-refractivity contribution is 7.92. The maximum absolute atomic E-state index is 12.9. The van der Waals surface area contributed by atoms with Crippen LogP contribution in [0, 0.1) is 5.41 Å². The molecule has 10 nitrogen and oxygen atoms in total. The van der Waals surface area contributed by atoms with Crippen molar-refractivity contribution < 1.29 is 31.2 Å². The highest BCUT2D eigenvalue weighted by Crippen LogP contribution is 2.48. The van der Waals surface area contributed by atoms with Crippen LogP contribution in [0.1, 0.15) is 23.2 Å². The van der Waals surface area contributed by atoms with Crippen LogP contribution in [0.25, 0.3) is 5.65 Å². The van der Waals surface area contributed by atoms with E-state index < -0.39 is 26.3 Å². The SMILES string of the molecule is Cn1ccn2ncc(C(=O)N3CC4(CC(NC(=O)Nc5cccc(S(=O)(=O)C(F)(F)F)c5)C4)C3)c12. The van der Waals surface area contributed by atoms with E-state index in [4.69, 9.17) is 0 Å². The van der Waals surface area contributed by atoms with Crippen LogP contribution in [0.4, 0.5) is 23.7 Å². The molecule has 2 aliphatic rings. The summed E-state index contributed by atoms with van der Waals surface area (Å²) < 4.78 is 64.9. The zero-order valence-corrected chi connectivity index (χ0v) is 19.2. The predicted octanol–water partition coefficient (Wildman–Crippen LogP) is 2.39. The van der Waals surface area contributed by atoms with Gasteiger partial charge in [0, 0.05) is 49.7 Å². The summed E-state index contributed by atoms with van der Waals surface area (Å²) in [6.45, 7) is 1.12. The van der Waals surface area contributed by atoms with Gasteiger partial charge >= 0.3 is 11.5 Å². The molecule has 1 spiro atoms. The van der Waals surface area contributed by atoms with Crippen LogP contribution in [0.3, 0.4) is 0 Å². The highest BCUT2D eigenvalue weighted by atomic mass is 32.2. The molecule has 0 atom stereocenters. The van der Waals surface area contributed by atoms with Gasteiger partial charge < -0.3 is 20.1 Å². The molecular weight excluding hydrogens is 489 g/mol. The second kappa shape index (κ2) is 7.73. The third-order valence-electron chi connectivity index (χ3n) is 6.51. The Hall–Kier alpha value is -3.55. The topological polar surface area (TPSA) is 118 Å². The number of anilines is 1.